The van der Waals surface area contributed by atoms with E-state index in [9.17, 15) is 19.5 Å². The molecule has 3 rings (SSSR count). The second-order valence-electron chi connectivity index (χ2n) is 9.89. The number of esters is 1. The maximum atomic E-state index is 13.8. The van der Waals surface area contributed by atoms with Crippen molar-refractivity contribution in [3.63, 3.8) is 0 Å². The largest absolute Gasteiger partial charge is 0.480 e. The van der Waals surface area contributed by atoms with Crippen molar-refractivity contribution in [2.45, 2.75) is 70.6 Å². The van der Waals surface area contributed by atoms with E-state index in [-0.39, 0.29) is 24.7 Å². The lowest BCUT2D eigenvalue weighted by Crippen LogP contribution is -2.54. The first-order chi connectivity index (χ1) is 16.4. The first-order valence-corrected chi connectivity index (χ1v) is 12.4. The van der Waals surface area contributed by atoms with Crippen LogP contribution in [0.15, 0.2) is 48.5 Å². The van der Waals surface area contributed by atoms with Crippen molar-refractivity contribution in [2.24, 2.45) is 5.92 Å². The number of benzene rings is 2. The molecule has 0 bridgehead atoms. The van der Waals surface area contributed by atoms with E-state index in [4.69, 9.17) is 27.9 Å². The van der Waals surface area contributed by atoms with Crippen molar-refractivity contribution in [3.05, 3.63) is 69.7 Å². The van der Waals surface area contributed by atoms with Crippen LogP contribution in [-0.4, -0.2) is 39.5 Å². The van der Waals surface area contributed by atoms with Gasteiger partial charge in [0.2, 0.25) is 5.91 Å². The molecule has 2 aromatic carbocycles. The summed E-state index contributed by atoms with van der Waals surface area (Å²) in [4.78, 5) is 40.3. The highest BCUT2D eigenvalue weighted by Crippen LogP contribution is 2.47. The quantitative estimate of drug-likeness (QED) is 0.436. The number of hydrogen-bond donors (Lipinski definition) is 1. The third-order valence-electron chi connectivity index (χ3n) is 6.15. The Morgan fingerprint density at radius 1 is 1.09 bits per heavy atom. The van der Waals surface area contributed by atoms with E-state index < -0.39 is 35.5 Å². The van der Waals surface area contributed by atoms with Crippen LogP contribution in [0, 0.1) is 5.92 Å². The molecule has 35 heavy (non-hydrogen) atoms. The maximum Gasteiger partial charge on any atom is 0.326 e. The normalized spacial score (nSPS) is 21.5. The van der Waals surface area contributed by atoms with E-state index in [0.29, 0.717) is 16.5 Å². The van der Waals surface area contributed by atoms with Crippen LogP contribution in [0.5, 0.6) is 0 Å². The molecule has 188 valence electrons. The number of carbonyl (C=O) groups is 3. The number of ether oxygens (including phenoxy) is 1. The molecule has 1 fully saturated rings. The molecule has 1 aliphatic rings. The van der Waals surface area contributed by atoms with Crippen LogP contribution < -0.4 is 0 Å². The van der Waals surface area contributed by atoms with Gasteiger partial charge in [0.25, 0.3) is 0 Å². The van der Waals surface area contributed by atoms with Crippen LogP contribution in [0.3, 0.4) is 0 Å². The lowest BCUT2D eigenvalue weighted by Gasteiger charge is -2.47. The SMILES string of the molecule is CCC(C(=O)O)N1C(=O)[C@@H](CC(=O)OC(C)(C)C)C[C@H](c2cccc(Cl)c2)[C@H]1c1ccc(Cl)cc1. The molecular formula is C27H31Cl2NO5. The number of carbonyl (C=O) groups excluding carboxylic acids is 2. The van der Waals surface area contributed by atoms with Crippen molar-refractivity contribution in [1.82, 2.24) is 4.90 Å². The second-order valence-corrected chi connectivity index (χ2v) is 10.8. The average molecular weight is 520 g/mol. The summed E-state index contributed by atoms with van der Waals surface area (Å²) in [7, 11) is 0. The van der Waals surface area contributed by atoms with Crippen molar-refractivity contribution >= 4 is 41.0 Å². The molecule has 0 spiro atoms. The molecule has 1 saturated heterocycles. The lowest BCUT2D eigenvalue weighted by molar-refractivity contribution is -0.164. The summed E-state index contributed by atoms with van der Waals surface area (Å²) in [5.74, 6) is -2.99. The first kappa shape index (κ1) is 27.0. The van der Waals surface area contributed by atoms with E-state index >= 15 is 0 Å². The number of rotatable bonds is 7. The molecule has 8 heteroatoms. The lowest BCUT2D eigenvalue weighted by atomic mass is 9.74. The van der Waals surface area contributed by atoms with Gasteiger partial charge < -0.3 is 14.7 Å². The van der Waals surface area contributed by atoms with Crippen LogP contribution in [0.2, 0.25) is 10.0 Å². The molecule has 6 nitrogen and oxygen atoms in total. The molecule has 1 aliphatic heterocycles. The highest BCUT2D eigenvalue weighted by atomic mass is 35.5. The number of aliphatic carboxylic acids is 1. The molecule has 4 atom stereocenters. The van der Waals surface area contributed by atoms with Gasteiger partial charge >= 0.3 is 11.9 Å². The van der Waals surface area contributed by atoms with Crippen LogP contribution >= 0.6 is 23.2 Å². The van der Waals surface area contributed by atoms with Crippen LogP contribution in [0.25, 0.3) is 0 Å². The molecule has 1 N–H and O–H groups in total. The fraction of sp³-hybridized carbons (Fsp3) is 0.444. The molecule has 0 radical (unpaired) electrons. The molecule has 2 aromatic rings. The molecule has 1 amide bonds. The average Bonchev–Trinajstić information content (AvgIpc) is 2.75. The van der Waals surface area contributed by atoms with Gasteiger partial charge in [-0.3, -0.25) is 9.59 Å². The summed E-state index contributed by atoms with van der Waals surface area (Å²) in [6, 6.07) is 12.8. The van der Waals surface area contributed by atoms with Gasteiger partial charge in [-0.1, -0.05) is 54.4 Å². The topological polar surface area (TPSA) is 83.9 Å². The van der Waals surface area contributed by atoms with E-state index in [1.807, 2.05) is 30.3 Å². The zero-order valence-electron chi connectivity index (χ0n) is 20.3. The number of hydrogen-bond acceptors (Lipinski definition) is 4. The summed E-state index contributed by atoms with van der Waals surface area (Å²) < 4.78 is 5.48. The third-order valence-corrected chi connectivity index (χ3v) is 6.64. The maximum absolute atomic E-state index is 13.8. The molecule has 1 unspecified atom stereocenters. The van der Waals surface area contributed by atoms with Gasteiger partial charge in [-0.2, -0.15) is 0 Å². The van der Waals surface area contributed by atoms with Gasteiger partial charge in [0.1, 0.15) is 11.6 Å². The first-order valence-electron chi connectivity index (χ1n) is 11.7. The molecule has 0 aliphatic carbocycles. The van der Waals surface area contributed by atoms with Crippen molar-refractivity contribution in [3.8, 4) is 0 Å². The van der Waals surface area contributed by atoms with Crippen LogP contribution in [0.4, 0.5) is 0 Å². The molecule has 1 heterocycles. The Kier molecular flexibility index (Phi) is 8.50. The Hall–Kier alpha value is -2.57. The van der Waals surface area contributed by atoms with Gasteiger partial charge in [0.15, 0.2) is 0 Å². The number of carboxylic acid groups (broad SMARTS) is 1. The predicted molar refractivity (Wildman–Crippen MR) is 136 cm³/mol. The number of likely N-dealkylation sites (tertiary alicyclic amines) is 1. The number of piperidine rings is 1. The van der Waals surface area contributed by atoms with Gasteiger partial charge in [-0.25, -0.2) is 4.79 Å². The van der Waals surface area contributed by atoms with Crippen molar-refractivity contribution in [1.29, 1.82) is 0 Å². The van der Waals surface area contributed by atoms with Crippen molar-refractivity contribution < 1.29 is 24.2 Å². The van der Waals surface area contributed by atoms with E-state index in [1.165, 1.54) is 4.90 Å². The minimum absolute atomic E-state index is 0.132. The Labute approximate surface area is 216 Å². The molecule has 0 aromatic heterocycles. The van der Waals surface area contributed by atoms with Gasteiger partial charge in [0, 0.05) is 21.9 Å². The fourth-order valence-electron chi connectivity index (χ4n) is 4.78. The summed E-state index contributed by atoms with van der Waals surface area (Å²) in [5.41, 5.74) is 0.937. The Bertz CT molecular complexity index is 1080. The van der Waals surface area contributed by atoms with E-state index in [2.05, 4.69) is 0 Å². The zero-order chi connectivity index (χ0) is 25.9. The number of nitrogens with zero attached hydrogens (tertiary/aromatic N) is 1. The summed E-state index contributed by atoms with van der Waals surface area (Å²) in [5, 5.41) is 11.1. The number of amides is 1. The standard InChI is InChI=1S/C27H31Cl2NO5/c1-5-22(26(33)34)30-24(16-9-11-19(28)12-10-16)21(17-7-6-8-20(29)13-17)14-18(25(30)32)15-23(31)35-27(2,3)4/h6-13,18,21-22,24H,5,14-15H2,1-4H3,(H,33,34)/t18-,21-,22?,24-/m1/s1. The minimum atomic E-state index is -1.09. The molecule has 0 saturated carbocycles. The van der Waals surface area contributed by atoms with E-state index in [0.717, 1.165) is 11.1 Å². The third kappa shape index (κ3) is 6.56. The summed E-state index contributed by atoms with van der Waals surface area (Å²) >= 11 is 12.4. The van der Waals surface area contributed by atoms with E-state index in [1.54, 1.807) is 45.9 Å². The zero-order valence-corrected chi connectivity index (χ0v) is 21.8. The summed E-state index contributed by atoms with van der Waals surface area (Å²) in [6.07, 6.45) is 0.428. The highest BCUT2D eigenvalue weighted by Gasteiger charge is 2.48. The minimum Gasteiger partial charge on any atom is -0.480 e. The predicted octanol–water partition coefficient (Wildman–Crippen LogP) is 6.26. The van der Waals surface area contributed by atoms with Crippen LogP contribution in [-0.2, 0) is 19.1 Å². The monoisotopic (exact) mass is 519 g/mol. The van der Waals surface area contributed by atoms with Crippen molar-refractivity contribution in [2.75, 3.05) is 0 Å². The van der Waals surface area contributed by atoms with Crippen LogP contribution in [0.1, 0.15) is 70.0 Å². The van der Waals surface area contributed by atoms with Gasteiger partial charge in [-0.15, -0.1) is 0 Å². The summed E-state index contributed by atoms with van der Waals surface area (Å²) in [6.45, 7) is 7.03. The number of halogens is 2. The van der Waals surface area contributed by atoms with Gasteiger partial charge in [0.05, 0.1) is 12.5 Å². The second kappa shape index (κ2) is 11.0. The number of carboxylic acids is 1. The Balaban J connectivity index is 2.13. The Morgan fingerprint density at radius 2 is 1.74 bits per heavy atom. The fourth-order valence-corrected chi connectivity index (χ4v) is 5.10. The van der Waals surface area contributed by atoms with Gasteiger partial charge in [-0.05, 0) is 69.0 Å². The molecular weight excluding hydrogens is 489 g/mol. The smallest absolute Gasteiger partial charge is 0.326 e. The Morgan fingerprint density at radius 3 is 2.29 bits per heavy atom. The highest BCUT2D eigenvalue weighted by molar-refractivity contribution is 6.30.